The number of thiazole rings is 1. The Kier molecular flexibility index (Phi) is 2.65. The average Bonchev–Trinajstić information content (AvgIpc) is 2.93. The van der Waals surface area contributed by atoms with Crippen LogP contribution in [0.2, 0.25) is 0 Å². The average molecular weight is 252 g/mol. The van der Waals surface area contributed by atoms with Gasteiger partial charge in [-0.05, 0) is 6.92 Å². The number of hydrogen-bond donors (Lipinski definition) is 1. The van der Waals surface area contributed by atoms with Crippen molar-refractivity contribution in [3.63, 3.8) is 0 Å². The highest BCUT2D eigenvalue weighted by Gasteiger charge is 2.33. The number of nitrogens with one attached hydrogen (secondary N) is 1. The molecule has 17 heavy (non-hydrogen) atoms. The summed E-state index contributed by atoms with van der Waals surface area (Å²) in [5.41, 5.74) is 2.37. The van der Waals surface area contributed by atoms with Gasteiger partial charge in [-0.2, -0.15) is 4.98 Å². The summed E-state index contributed by atoms with van der Waals surface area (Å²) in [5, 5.41) is 8.91. The summed E-state index contributed by atoms with van der Waals surface area (Å²) >= 11 is 1.50. The van der Waals surface area contributed by atoms with E-state index in [9.17, 15) is 0 Å². The largest absolute Gasteiger partial charge is 0.363 e. The third-order valence-electron chi connectivity index (χ3n) is 2.67. The molecule has 0 bridgehead atoms. The Labute approximate surface area is 102 Å². The van der Waals surface area contributed by atoms with Crippen LogP contribution in [0.3, 0.4) is 0 Å². The highest BCUT2D eigenvalue weighted by molar-refractivity contribution is 7.07. The Balaban J connectivity index is 1.65. The van der Waals surface area contributed by atoms with Crippen LogP contribution in [0.15, 0.2) is 15.4 Å². The van der Waals surface area contributed by atoms with E-state index in [1.807, 2.05) is 5.38 Å². The van der Waals surface area contributed by atoms with Gasteiger partial charge in [-0.3, -0.25) is 0 Å². The van der Waals surface area contributed by atoms with Crippen molar-refractivity contribution in [1.82, 2.24) is 20.4 Å². The zero-order valence-electron chi connectivity index (χ0n) is 9.34. The molecule has 0 unspecified atom stereocenters. The Bertz CT molecular complexity index is 492. The molecular weight excluding hydrogens is 240 g/mol. The highest BCUT2D eigenvalue weighted by atomic mass is 32.1. The molecule has 1 aliphatic heterocycles. The van der Waals surface area contributed by atoms with Crippen molar-refractivity contribution in [3.05, 3.63) is 16.8 Å². The SMILES string of the molecule is CC1(OCc2nc(-c3cscn3)no2)CNC1. The molecular formula is C10H12N4O2S. The van der Waals surface area contributed by atoms with Gasteiger partial charge >= 0.3 is 0 Å². The zero-order chi connectivity index (χ0) is 11.7. The topological polar surface area (TPSA) is 73.1 Å². The fourth-order valence-corrected chi connectivity index (χ4v) is 2.09. The number of hydrogen-bond acceptors (Lipinski definition) is 7. The minimum atomic E-state index is -0.102. The zero-order valence-corrected chi connectivity index (χ0v) is 10.2. The molecule has 0 saturated carbocycles. The molecule has 3 rings (SSSR count). The van der Waals surface area contributed by atoms with E-state index in [-0.39, 0.29) is 5.60 Å². The van der Waals surface area contributed by atoms with E-state index < -0.39 is 0 Å². The lowest BCUT2D eigenvalue weighted by Crippen LogP contribution is -2.58. The second-order valence-electron chi connectivity index (χ2n) is 4.23. The van der Waals surface area contributed by atoms with Gasteiger partial charge in [0.15, 0.2) is 0 Å². The van der Waals surface area contributed by atoms with Gasteiger partial charge < -0.3 is 14.6 Å². The third-order valence-corrected chi connectivity index (χ3v) is 3.26. The van der Waals surface area contributed by atoms with Crippen LogP contribution in [0, 0.1) is 0 Å². The quantitative estimate of drug-likeness (QED) is 0.877. The van der Waals surface area contributed by atoms with Gasteiger partial charge in [0, 0.05) is 18.5 Å². The van der Waals surface area contributed by atoms with E-state index in [1.165, 1.54) is 11.3 Å². The molecule has 1 aliphatic rings. The van der Waals surface area contributed by atoms with Crippen molar-refractivity contribution < 1.29 is 9.26 Å². The third kappa shape index (κ3) is 2.21. The second kappa shape index (κ2) is 4.17. The number of nitrogens with zero attached hydrogens (tertiary/aromatic N) is 3. The number of ether oxygens (including phenoxy) is 1. The summed E-state index contributed by atoms with van der Waals surface area (Å²) in [7, 11) is 0. The van der Waals surface area contributed by atoms with Gasteiger partial charge in [0.2, 0.25) is 5.82 Å². The van der Waals surface area contributed by atoms with Crippen LogP contribution in [0.5, 0.6) is 0 Å². The first-order valence-corrected chi connectivity index (χ1v) is 6.25. The Hall–Kier alpha value is -1.31. The predicted octanol–water partition coefficient (Wildman–Crippen LogP) is 1.07. The molecule has 0 aromatic carbocycles. The van der Waals surface area contributed by atoms with Crippen LogP contribution < -0.4 is 5.32 Å². The fraction of sp³-hybridized carbons (Fsp3) is 0.500. The van der Waals surface area contributed by atoms with Crippen molar-refractivity contribution in [2.45, 2.75) is 19.1 Å². The van der Waals surface area contributed by atoms with Crippen LogP contribution in [0.1, 0.15) is 12.8 Å². The van der Waals surface area contributed by atoms with E-state index in [4.69, 9.17) is 9.26 Å². The molecule has 1 fully saturated rings. The number of aromatic nitrogens is 3. The standard InChI is InChI=1S/C10H12N4O2S/c1-10(4-11-5-10)15-2-8-13-9(14-16-8)7-3-17-6-12-7/h3,6,11H,2,4-5H2,1H3. The summed E-state index contributed by atoms with van der Waals surface area (Å²) in [4.78, 5) is 8.35. The summed E-state index contributed by atoms with van der Waals surface area (Å²) in [6, 6.07) is 0. The molecule has 0 radical (unpaired) electrons. The molecule has 0 aliphatic carbocycles. The van der Waals surface area contributed by atoms with Gasteiger partial charge in [-0.1, -0.05) is 5.16 Å². The van der Waals surface area contributed by atoms with Crippen molar-refractivity contribution >= 4 is 11.3 Å². The fourth-order valence-electron chi connectivity index (χ4n) is 1.56. The first-order valence-electron chi connectivity index (χ1n) is 5.31. The van der Waals surface area contributed by atoms with Crippen molar-refractivity contribution in [3.8, 4) is 11.5 Å². The molecule has 1 N–H and O–H groups in total. The van der Waals surface area contributed by atoms with Crippen LogP contribution in [0.4, 0.5) is 0 Å². The molecule has 2 aromatic heterocycles. The second-order valence-corrected chi connectivity index (χ2v) is 4.95. The van der Waals surface area contributed by atoms with E-state index in [2.05, 4.69) is 27.4 Å². The van der Waals surface area contributed by atoms with Crippen LogP contribution in [-0.4, -0.2) is 33.8 Å². The van der Waals surface area contributed by atoms with Gasteiger partial charge in [0.1, 0.15) is 12.3 Å². The number of rotatable bonds is 4. The molecule has 0 amide bonds. The van der Waals surface area contributed by atoms with E-state index in [0.717, 1.165) is 18.8 Å². The van der Waals surface area contributed by atoms with Crippen molar-refractivity contribution in [1.29, 1.82) is 0 Å². The molecule has 6 nitrogen and oxygen atoms in total. The Morgan fingerprint density at radius 1 is 1.59 bits per heavy atom. The van der Waals surface area contributed by atoms with Gasteiger partial charge in [0.05, 0.1) is 11.1 Å². The normalized spacial score (nSPS) is 17.9. The minimum absolute atomic E-state index is 0.102. The molecule has 0 spiro atoms. The Morgan fingerprint density at radius 3 is 3.12 bits per heavy atom. The Morgan fingerprint density at radius 2 is 2.47 bits per heavy atom. The van der Waals surface area contributed by atoms with Crippen LogP contribution in [0.25, 0.3) is 11.5 Å². The molecule has 90 valence electrons. The maximum atomic E-state index is 5.71. The van der Waals surface area contributed by atoms with Gasteiger partial charge in [0.25, 0.3) is 5.89 Å². The van der Waals surface area contributed by atoms with E-state index in [1.54, 1.807) is 5.51 Å². The van der Waals surface area contributed by atoms with E-state index in [0.29, 0.717) is 18.3 Å². The lowest BCUT2D eigenvalue weighted by Gasteiger charge is -2.38. The molecule has 1 saturated heterocycles. The highest BCUT2D eigenvalue weighted by Crippen LogP contribution is 2.19. The van der Waals surface area contributed by atoms with Gasteiger partial charge in [-0.15, -0.1) is 11.3 Å². The lowest BCUT2D eigenvalue weighted by molar-refractivity contribution is -0.0841. The minimum Gasteiger partial charge on any atom is -0.363 e. The summed E-state index contributed by atoms with van der Waals surface area (Å²) in [6.45, 7) is 4.12. The molecule has 7 heteroatoms. The lowest BCUT2D eigenvalue weighted by atomic mass is 10.0. The monoisotopic (exact) mass is 252 g/mol. The summed E-state index contributed by atoms with van der Waals surface area (Å²) in [5.74, 6) is 1.00. The van der Waals surface area contributed by atoms with Crippen LogP contribution >= 0.6 is 11.3 Å². The maximum Gasteiger partial charge on any atom is 0.253 e. The molecule has 0 atom stereocenters. The summed E-state index contributed by atoms with van der Waals surface area (Å²) in [6.07, 6.45) is 0. The smallest absolute Gasteiger partial charge is 0.253 e. The first-order chi connectivity index (χ1) is 8.25. The van der Waals surface area contributed by atoms with Crippen molar-refractivity contribution in [2.24, 2.45) is 0 Å². The molecule has 3 heterocycles. The first kappa shape index (κ1) is 10.8. The maximum absolute atomic E-state index is 5.71. The predicted molar refractivity (Wildman–Crippen MR) is 61.5 cm³/mol. The van der Waals surface area contributed by atoms with Gasteiger partial charge in [-0.25, -0.2) is 4.98 Å². The van der Waals surface area contributed by atoms with Crippen molar-refractivity contribution in [2.75, 3.05) is 13.1 Å². The van der Waals surface area contributed by atoms with E-state index >= 15 is 0 Å². The summed E-state index contributed by atoms with van der Waals surface area (Å²) < 4.78 is 10.8. The van der Waals surface area contributed by atoms with Crippen LogP contribution in [-0.2, 0) is 11.3 Å². The molecule has 2 aromatic rings.